The Hall–Kier alpha value is -2.67. The molecule has 2 heterocycles. The minimum atomic E-state index is -0.500. The Morgan fingerprint density at radius 3 is 2.78 bits per heavy atom. The highest BCUT2D eigenvalue weighted by Gasteiger charge is 2.22. The van der Waals surface area contributed by atoms with Gasteiger partial charge in [-0.2, -0.15) is 0 Å². The molecule has 1 atom stereocenters. The lowest BCUT2D eigenvalue weighted by Crippen LogP contribution is -2.18. The summed E-state index contributed by atoms with van der Waals surface area (Å²) in [6.07, 6.45) is 2.28. The second-order valence-corrected chi connectivity index (χ2v) is 6.97. The van der Waals surface area contributed by atoms with Gasteiger partial charge < -0.3 is 14.0 Å². The summed E-state index contributed by atoms with van der Waals surface area (Å²) < 4.78 is 13.3. The molecule has 1 aliphatic heterocycles. The molecule has 27 heavy (non-hydrogen) atoms. The maximum atomic E-state index is 12.7. The number of carbonyl (C=O) groups excluding carboxylic acids is 1. The molecule has 7 heteroatoms. The van der Waals surface area contributed by atoms with E-state index in [4.69, 9.17) is 9.47 Å². The van der Waals surface area contributed by atoms with Crippen molar-refractivity contribution in [3.8, 4) is 5.75 Å². The molecule has 0 N–H and O–H groups in total. The molecule has 0 aliphatic carbocycles. The molecule has 0 saturated carbocycles. The van der Waals surface area contributed by atoms with E-state index in [1.54, 1.807) is 13.0 Å². The molecule has 0 amide bonds. The second kappa shape index (κ2) is 7.92. The lowest BCUT2D eigenvalue weighted by Gasteiger charge is -2.14. The first kappa shape index (κ1) is 19.1. The smallest absolute Gasteiger partial charge is 0.311 e. The van der Waals surface area contributed by atoms with Crippen molar-refractivity contribution in [2.45, 2.75) is 46.3 Å². The largest absolute Gasteiger partial charge is 0.478 e. The SMILES string of the molecule is Cc1ccc(OCC(=O)c2cc(C)n(C[C@H]3CCCO3)c2C)c([N+](=O)[O-])c1. The van der Waals surface area contributed by atoms with Gasteiger partial charge in [-0.15, -0.1) is 0 Å². The van der Waals surface area contributed by atoms with E-state index in [0.29, 0.717) is 5.56 Å². The van der Waals surface area contributed by atoms with Crippen molar-refractivity contribution in [1.82, 2.24) is 4.57 Å². The predicted molar refractivity (Wildman–Crippen MR) is 101 cm³/mol. The molecule has 1 aromatic carbocycles. The number of Topliss-reactive ketones (excluding diaryl/α,β-unsaturated/α-hetero) is 1. The highest BCUT2D eigenvalue weighted by atomic mass is 16.6. The summed E-state index contributed by atoms with van der Waals surface area (Å²) in [6.45, 7) is 6.92. The van der Waals surface area contributed by atoms with Gasteiger partial charge in [-0.1, -0.05) is 6.07 Å². The van der Waals surface area contributed by atoms with Crippen LogP contribution in [-0.4, -0.2) is 34.6 Å². The van der Waals surface area contributed by atoms with E-state index in [-0.39, 0.29) is 29.9 Å². The van der Waals surface area contributed by atoms with E-state index in [2.05, 4.69) is 4.57 Å². The number of hydrogen-bond acceptors (Lipinski definition) is 5. The monoisotopic (exact) mass is 372 g/mol. The van der Waals surface area contributed by atoms with Crippen LogP contribution in [-0.2, 0) is 11.3 Å². The molecule has 1 saturated heterocycles. The van der Waals surface area contributed by atoms with Gasteiger partial charge in [0.1, 0.15) is 0 Å². The van der Waals surface area contributed by atoms with Gasteiger partial charge in [0, 0.05) is 36.2 Å². The van der Waals surface area contributed by atoms with Crippen LogP contribution in [0.25, 0.3) is 0 Å². The third-order valence-electron chi connectivity index (χ3n) is 4.95. The summed E-state index contributed by atoms with van der Waals surface area (Å²) in [6, 6.07) is 6.54. The van der Waals surface area contributed by atoms with E-state index in [0.717, 1.165) is 42.9 Å². The third-order valence-corrected chi connectivity index (χ3v) is 4.95. The Kier molecular flexibility index (Phi) is 5.60. The first-order valence-corrected chi connectivity index (χ1v) is 9.06. The van der Waals surface area contributed by atoms with E-state index >= 15 is 0 Å². The molecular formula is C20H24N2O5. The normalized spacial score (nSPS) is 16.5. The molecule has 2 aromatic rings. The van der Waals surface area contributed by atoms with E-state index in [9.17, 15) is 14.9 Å². The van der Waals surface area contributed by atoms with Crippen LogP contribution < -0.4 is 4.74 Å². The zero-order valence-electron chi connectivity index (χ0n) is 15.9. The van der Waals surface area contributed by atoms with Crippen LogP contribution in [0, 0.1) is 30.9 Å². The van der Waals surface area contributed by atoms with Crippen LogP contribution >= 0.6 is 0 Å². The van der Waals surface area contributed by atoms with E-state index in [1.807, 2.05) is 19.9 Å². The van der Waals surface area contributed by atoms with Gasteiger partial charge in [-0.05, 0) is 51.3 Å². The van der Waals surface area contributed by atoms with Crippen LogP contribution in [0.15, 0.2) is 24.3 Å². The average Bonchev–Trinajstić information content (AvgIpc) is 3.24. The number of carbonyl (C=O) groups is 1. The van der Waals surface area contributed by atoms with Crippen molar-refractivity contribution in [3.63, 3.8) is 0 Å². The van der Waals surface area contributed by atoms with Gasteiger partial charge in [-0.3, -0.25) is 14.9 Å². The lowest BCUT2D eigenvalue weighted by molar-refractivity contribution is -0.385. The fourth-order valence-corrected chi connectivity index (χ4v) is 3.47. The average molecular weight is 372 g/mol. The van der Waals surface area contributed by atoms with Crippen LogP contribution in [0.5, 0.6) is 5.75 Å². The van der Waals surface area contributed by atoms with Crippen LogP contribution in [0.3, 0.4) is 0 Å². The quantitative estimate of drug-likeness (QED) is 0.420. The summed E-state index contributed by atoms with van der Waals surface area (Å²) in [7, 11) is 0. The van der Waals surface area contributed by atoms with Crippen LogP contribution in [0.1, 0.15) is 40.2 Å². The van der Waals surface area contributed by atoms with Gasteiger partial charge in [-0.25, -0.2) is 0 Å². The zero-order chi connectivity index (χ0) is 19.6. The molecule has 7 nitrogen and oxygen atoms in total. The molecule has 1 aliphatic rings. The summed E-state index contributed by atoms with van der Waals surface area (Å²) in [5.74, 6) is -0.0938. The summed E-state index contributed by atoms with van der Waals surface area (Å²) in [4.78, 5) is 23.3. The zero-order valence-corrected chi connectivity index (χ0v) is 15.9. The molecular weight excluding hydrogens is 348 g/mol. The molecule has 1 fully saturated rings. The molecule has 144 valence electrons. The summed E-state index contributed by atoms with van der Waals surface area (Å²) in [5.41, 5.74) is 3.08. The van der Waals surface area contributed by atoms with E-state index < -0.39 is 4.92 Å². The number of rotatable bonds is 7. The minimum absolute atomic E-state index is 0.104. The molecule has 1 aromatic heterocycles. The fraction of sp³-hybridized carbons (Fsp3) is 0.450. The van der Waals surface area contributed by atoms with Gasteiger partial charge in [0.15, 0.2) is 12.4 Å². The second-order valence-electron chi connectivity index (χ2n) is 6.97. The maximum absolute atomic E-state index is 12.7. The summed E-state index contributed by atoms with van der Waals surface area (Å²) in [5, 5.41) is 11.2. The first-order valence-electron chi connectivity index (χ1n) is 9.06. The number of benzene rings is 1. The number of ketones is 1. The highest BCUT2D eigenvalue weighted by molar-refractivity contribution is 5.98. The Labute approximate surface area is 158 Å². The van der Waals surface area contributed by atoms with Crippen molar-refractivity contribution in [1.29, 1.82) is 0 Å². The van der Waals surface area contributed by atoms with Crippen molar-refractivity contribution in [2.75, 3.05) is 13.2 Å². The molecule has 0 radical (unpaired) electrons. The van der Waals surface area contributed by atoms with Gasteiger partial charge in [0.2, 0.25) is 5.78 Å². The minimum Gasteiger partial charge on any atom is -0.478 e. The van der Waals surface area contributed by atoms with Crippen LogP contribution in [0.4, 0.5) is 5.69 Å². The Bertz CT molecular complexity index is 865. The molecule has 0 spiro atoms. The topological polar surface area (TPSA) is 83.6 Å². The van der Waals surface area contributed by atoms with Crippen molar-refractivity contribution in [3.05, 3.63) is 56.9 Å². The van der Waals surface area contributed by atoms with Crippen molar-refractivity contribution >= 4 is 11.5 Å². The number of ether oxygens (including phenoxy) is 2. The number of nitro groups is 1. The standard InChI is InChI=1S/C20H24N2O5/c1-13-6-7-20(18(9-13)22(24)25)27-12-19(23)17-10-14(2)21(15(17)3)11-16-5-4-8-26-16/h6-7,9-10,16H,4-5,8,11-12H2,1-3H3/t16-/m1/s1. The number of nitrogens with zero attached hydrogens (tertiary/aromatic N) is 2. The van der Waals surface area contributed by atoms with Crippen molar-refractivity contribution < 1.29 is 19.2 Å². The Morgan fingerprint density at radius 1 is 1.33 bits per heavy atom. The van der Waals surface area contributed by atoms with Gasteiger partial charge in [0.25, 0.3) is 0 Å². The van der Waals surface area contributed by atoms with Crippen LogP contribution in [0.2, 0.25) is 0 Å². The highest BCUT2D eigenvalue weighted by Crippen LogP contribution is 2.28. The molecule has 3 rings (SSSR count). The predicted octanol–water partition coefficient (Wildman–Crippen LogP) is 3.76. The fourth-order valence-electron chi connectivity index (χ4n) is 3.47. The third kappa shape index (κ3) is 4.19. The van der Waals surface area contributed by atoms with Crippen molar-refractivity contribution in [2.24, 2.45) is 0 Å². The van der Waals surface area contributed by atoms with E-state index in [1.165, 1.54) is 12.1 Å². The molecule has 0 bridgehead atoms. The first-order chi connectivity index (χ1) is 12.9. The number of aryl methyl sites for hydroxylation is 2. The van der Waals surface area contributed by atoms with Gasteiger partial charge >= 0.3 is 5.69 Å². The lowest BCUT2D eigenvalue weighted by atomic mass is 10.1. The maximum Gasteiger partial charge on any atom is 0.311 e. The number of aromatic nitrogens is 1. The molecule has 0 unspecified atom stereocenters. The number of hydrogen-bond donors (Lipinski definition) is 0. The van der Waals surface area contributed by atoms with Gasteiger partial charge in [0.05, 0.1) is 11.0 Å². The summed E-state index contributed by atoms with van der Waals surface area (Å²) >= 11 is 0. The Morgan fingerprint density at radius 2 is 2.11 bits per heavy atom. The number of nitro benzene ring substituents is 1. The Balaban J connectivity index is 1.73.